The highest BCUT2D eigenvalue weighted by Gasteiger charge is 2.12. The SMILES string of the molecule is COc1ccc(-c2c/c(=N\c3nc(C)c(C(C)=O)s3)c3cc(O)ccc3o2)cc1. The van der Waals surface area contributed by atoms with Crippen molar-refractivity contribution in [3.8, 4) is 22.8 Å². The Bertz CT molecular complexity index is 1290. The van der Waals surface area contributed by atoms with Crippen LogP contribution in [0.25, 0.3) is 22.3 Å². The van der Waals surface area contributed by atoms with E-state index in [0.29, 0.717) is 37.8 Å². The number of rotatable bonds is 4. The van der Waals surface area contributed by atoms with Gasteiger partial charge in [-0.25, -0.2) is 9.98 Å². The van der Waals surface area contributed by atoms with Crippen molar-refractivity contribution in [2.75, 3.05) is 7.11 Å². The number of ketones is 1. The minimum absolute atomic E-state index is 0.0362. The van der Waals surface area contributed by atoms with Crippen LogP contribution in [0, 0.1) is 6.92 Å². The minimum atomic E-state index is -0.0362. The van der Waals surface area contributed by atoms with Gasteiger partial charge in [0.05, 0.1) is 23.0 Å². The second-order valence-electron chi connectivity index (χ2n) is 6.48. The third-order valence-corrected chi connectivity index (χ3v) is 5.57. The lowest BCUT2D eigenvalue weighted by molar-refractivity contribution is 0.102. The summed E-state index contributed by atoms with van der Waals surface area (Å²) < 4.78 is 11.3. The van der Waals surface area contributed by atoms with Crippen molar-refractivity contribution in [1.82, 2.24) is 4.98 Å². The van der Waals surface area contributed by atoms with Gasteiger partial charge in [-0.2, -0.15) is 0 Å². The van der Waals surface area contributed by atoms with Crippen molar-refractivity contribution in [2.24, 2.45) is 4.99 Å². The van der Waals surface area contributed by atoms with E-state index in [1.807, 2.05) is 24.3 Å². The van der Waals surface area contributed by atoms with Crippen LogP contribution in [0.2, 0.25) is 0 Å². The van der Waals surface area contributed by atoms with Crippen molar-refractivity contribution in [3.63, 3.8) is 0 Å². The highest BCUT2D eigenvalue weighted by molar-refractivity contribution is 7.17. The smallest absolute Gasteiger partial charge is 0.210 e. The molecular formula is C22H18N2O4S. The number of benzene rings is 2. The summed E-state index contributed by atoms with van der Waals surface area (Å²) in [5, 5.41) is 11.7. The Labute approximate surface area is 170 Å². The Morgan fingerprint density at radius 1 is 1.17 bits per heavy atom. The number of phenolic OH excluding ortho intramolecular Hbond substituents is 1. The number of Topliss-reactive ketones (excluding diaryl/α,β-unsaturated/α-hetero) is 1. The highest BCUT2D eigenvalue weighted by Crippen LogP contribution is 2.28. The number of hydrogen-bond acceptors (Lipinski definition) is 7. The normalized spacial score (nSPS) is 11.8. The van der Waals surface area contributed by atoms with Gasteiger partial charge in [0.2, 0.25) is 5.13 Å². The van der Waals surface area contributed by atoms with Gasteiger partial charge < -0.3 is 14.3 Å². The monoisotopic (exact) mass is 406 g/mol. The number of hydrogen-bond donors (Lipinski definition) is 1. The number of nitrogens with zero attached hydrogens (tertiary/aromatic N) is 2. The zero-order valence-electron chi connectivity index (χ0n) is 16.1. The van der Waals surface area contributed by atoms with E-state index >= 15 is 0 Å². The van der Waals surface area contributed by atoms with Gasteiger partial charge in [-0.3, -0.25) is 4.79 Å². The van der Waals surface area contributed by atoms with E-state index in [4.69, 9.17) is 9.15 Å². The lowest BCUT2D eigenvalue weighted by Gasteiger charge is -2.06. The van der Waals surface area contributed by atoms with Crippen LogP contribution in [0.3, 0.4) is 0 Å². The van der Waals surface area contributed by atoms with E-state index in [2.05, 4.69) is 9.98 Å². The Hall–Kier alpha value is -3.45. The lowest BCUT2D eigenvalue weighted by Crippen LogP contribution is -2.03. The van der Waals surface area contributed by atoms with E-state index < -0.39 is 0 Å². The summed E-state index contributed by atoms with van der Waals surface area (Å²) in [6, 6.07) is 14.2. The molecule has 0 spiro atoms. The number of ether oxygens (including phenoxy) is 1. The first-order valence-corrected chi connectivity index (χ1v) is 9.70. The number of aromatic hydroxyl groups is 1. The molecule has 0 aliphatic heterocycles. The van der Waals surface area contributed by atoms with Crippen molar-refractivity contribution in [2.45, 2.75) is 13.8 Å². The third-order valence-electron chi connectivity index (χ3n) is 4.42. The van der Waals surface area contributed by atoms with Crippen molar-refractivity contribution >= 4 is 33.2 Å². The molecule has 0 atom stereocenters. The summed E-state index contributed by atoms with van der Waals surface area (Å²) in [5.74, 6) is 1.44. The molecule has 1 N–H and O–H groups in total. The molecule has 6 nitrogen and oxygen atoms in total. The van der Waals surface area contributed by atoms with Crippen LogP contribution < -0.4 is 10.1 Å². The predicted octanol–water partition coefficient (Wildman–Crippen LogP) is 5.01. The average Bonchev–Trinajstić information content (AvgIpc) is 3.08. The maximum Gasteiger partial charge on any atom is 0.210 e. The third kappa shape index (κ3) is 3.77. The van der Waals surface area contributed by atoms with Gasteiger partial charge in [0.25, 0.3) is 0 Å². The van der Waals surface area contributed by atoms with E-state index in [1.165, 1.54) is 18.3 Å². The summed E-state index contributed by atoms with van der Waals surface area (Å²) in [6.07, 6.45) is 0. The standard InChI is InChI=1S/C22H18N2O4S/c1-12-21(13(2)25)29-22(23-12)24-18-11-20(14-4-7-16(27-3)8-5-14)28-19-9-6-15(26)10-17(18)19/h4-11,26H,1-3H3/b24-18+. The first-order chi connectivity index (χ1) is 13.9. The van der Waals surface area contributed by atoms with Gasteiger partial charge in [-0.05, 0) is 49.4 Å². The predicted molar refractivity (Wildman–Crippen MR) is 112 cm³/mol. The van der Waals surface area contributed by atoms with Crippen LogP contribution in [-0.4, -0.2) is 23.0 Å². The number of fused-ring (bicyclic) bond motifs is 1. The van der Waals surface area contributed by atoms with Gasteiger partial charge in [-0.15, -0.1) is 0 Å². The zero-order chi connectivity index (χ0) is 20.5. The fraction of sp³-hybridized carbons (Fsp3) is 0.136. The number of phenols is 1. The van der Waals surface area contributed by atoms with Crippen LogP contribution in [0.5, 0.6) is 11.5 Å². The molecule has 146 valence electrons. The van der Waals surface area contributed by atoms with Gasteiger partial charge in [-0.1, -0.05) is 11.3 Å². The van der Waals surface area contributed by atoms with Gasteiger partial charge >= 0.3 is 0 Å². The summed E-state index contributed by atoms with van der Waals surface area (Å²) in [6.45, 7) is 3.31. The second kappa shape index (κ2) is 7.52. The maximum absolute atomic E-state index is 11.8. The molecule has 2 heterocycles. The number of carbonyl (C=O) groups excluding carboxylic acids is 1. The number of thiazole rings is 1. The summed E-state index contributed by atoms with van der Waals surface area (Å²) >= 11 is 1.24. The van der Waals surface area contributed by atoms with E-state index in [1.54, 1.807) is 38.3 Å². The molecule has 7 heteroatoms. The molecule has 0 amide bonds. The average molecular weight is 406 g/mol. The van der Waals surface area contributed by atoms with Crippen molar-refractivity contribution < 1.29 is 19.1 Å². The first-order valence-electron chi connectivity index (χ1n) is 8.89. The first kappa shape index (κ1) is 18.9. The topological polar surface area (TPSA) is 84.9 Å². The molecule has 0 aliphatic carbocycles. The maximum atomic E-state index is 11.8. The Kier molecular flexibility index (Phi) is 4.90. The number of aryl methyl sites for hydroxylation is 1. The van der Waals surface area contributed by atoms with Crippen LogP contribution in [0.1, 0.15) is 22.3 Å². The van der Waals surface area contributed by atoms with Gasteiger partial charge in [0.1, 0.15) is 22.8 Å². The summed E-state index contributed by atoms with van der Waals surface area (Å²) in [5.41, 5.74) is 2.09. The van der Waals surface area contributed by atoms with Crippen LogP contribution in [0.4, 0.5) is 5.13 Å². The molecule has 29 heavy (non-hydrogen) atoms. The molecule has 0 saturated heterocycles. The second-order valence-corrected chi connectivity index (χ2v) is 7.46. The Morgan fingerprint density at radius 3 is 2.59 bits per heavy atom. The fourth-order valence-corrected chi connectivity index (χ4v) is 3.85. The molecule has 0 bridgehead atoms. The van der Waals surface area contributed by atoms with Gasteiger partial charge in [0.15, 0.2) is 5.78 Å². The van der Waals surface area contributed by atoms with Gasteiger partial charge in [0, 0.05) is 23.9 Å². The van der Waals surface area contributed by atoms with Crippen LogP contribution >= 0.6 is 11.3 Å². The molecule has 0 aliphatic rings. The summed E-state index contributed by atoms with van der Waals surface area (Å²) in [4.78, 5) is 21.4. The molecule has 0 fully saturated rings. The number of carbonyl (C=O) groups is 1. The molecule has 0 unspecified atom stereocenters. The zero-order valence-corrected chi connectivity index (χ0v) is 16.9. The number of aromatic nitrogens is 1. The van der Waals surface area contributed by atoms with Crippen LogP contribution in [-0.2, 0) is 0 Å². The lowest BCUT2D eigenvalue weighted by atomic mass is 10.1. The molecular weight excluding hydrogens is 388 g/mol. The Morgan fingerprint density at radius 2 is 1.93 bits per heavy atom. The quantitative estimate of drug-likeness (QED) is 0.481. The van der Waals surface area contributed by atoms with Crippen molar-refractivity contribution in [1.29, 1.82) is 0 Å². The molecule has 0 saturated carbocycles. The minimum Gasteiger partial charge on any atom is -0.508 e. The molecule has 4 aromatic rings. The molecule has 2 aromatic carbocycles. The van der Waals surface area contributed by atoms with E-state index in [-0.39, 0.29) is 11.5 Å². The molecule has 4 rings (SSSR count). The number of methoxy groups -OCH3 is 1. The fourth-order valence-electron chi connectivity index (χ4n) is 3.01. The summed E-state index contributed by atoms with van der Waals surface area (Å²) in [7, 11) is 1.62. The van der Waals surface area contributed by atoms with Crippen LogP contribution in [0.15, 0.2) is 57.9 Å². The van der Waals surface area contributed by atoms with E-state index in [9.17, 15) is 9.90 Å². The largest absolute Gasteiger partial charge is 0.508 e. The Balaban J connectivity index is 1.94. The van der Waals surface area contributed by atoms with Crippen molar-refractivity contribution in [3.05, 3.63) is 64.5 Å². The molecule has 0 radical (unpaired) electrons. The highest BCUT2D eigenvalue weighted by atomic mass is 32.1. The molecule has 2 aromatic heterocycles. The van der Waals surface area contributed by atoms with E-state index in [0.717, 1.165) is 11.3 Å².